The van der Waals surface area contributed by atoms with E-state index in [2.05, 4.69) is 0 Å². The minimum absolute atomic E-state index is 0.0448. The Morgan fingerprint density at radius 2 is 1.96 bits per heavy atom. The number of Topliss-reactive ketones (excluding diaryl/α,β-unsaturated/α-hetero) is 1. The first-order valence-corrected chi connectivity index (χ1v) is 8.01. The molecule has 0 fully saturated rings. The van der Waals surface area contributed by atoms with Gasteiger partial charge in [0.2, 0.25) is 11.5 Å². The molecule has 0 radical (unpaired) electrons. The molecule has 3 aromatic rings. The lowest BCUT2D eigenvalue weighted by molar-refractivity contribution is -0.386. The predicted octanol–water partition coefficient (Wildman–Crippen LogP) is 4.08. The van der Waals surface area contributed by atoms with Crippen molar-refractivity contribution in [1.29, 1.82) is 0 Å². The molecule has 0 atom stereocenters. The van der Waals surface area contributed by atoms with Crippen LogP contribution in [0, 0.1) is 10.1 Å². The Morgan fingerprint density at radius 3 is 2.70 bits per heavy atom. The van der Waals surface area contributed by atoms with Crippen LogP contribution in [0.4, 0.5) is 5.69 Å². The summed E-state index contributed by atoms with van der Waals surface area (Å²) < 4.78 is 10.7. The third-order valence-electron chi connectivity index (χ3n) is 4.35. The number of nitro benzene ring substituents is 1. The molecule has 0 amide bonds. The van der Waals surface area contributed by atoms with Crippen molar-refractivity contribution in [3.8, 4) is 17.2 Å². The summed E-state index contributed by atoms with van der Waals surface area (Å²) in [5.74, 6) is -0.466. The van der Waals surface area contributed by atoms with E-state index in [4.69, 9.17) is 9.47 Å². The highest BCUT2D eigenvalue weighted by atomic mass is 16.6. The molecule has 1 aliphatic rings. The maximum atomic E-state index is 12.8. The number of hydrogen-bond acceptors (Lipinski definition) is 6. The van der Waals surface area contributed by atoms with E-state index in [1.165, 1.54) is 19.3 Å². The molecule has 4 rings (SSSR count). The Balaban J connectivity index is 1.82. The molecule has 7 nitrogen and oxygen atoms in total. The smallest absolute Gasteiger partial charge is 0.315 e. The Bertz CT molecular complexity index is 1150. The van der Waals surface area contributed by atoms with Crippen molar-refractivity contribution in [1.82, 2.24) is 0 Å². The number of hydrogen-bond donors (Lipinski definition) is 1. The van der Waals surface area contributed by atoms with Crippen molar-refractivity contribution in [2.45, 2.75) is 0 Å². The third-order valence-corrected chi connectivity index (χ3v) is 4.35. The number of carbonyl (C=O) groups excluding carboxylic acids is 1. The zero-order valence-corrected chi connectivity index (χ0v) is 14.1. The second-order valence-electron chi connectivity index (χ2n) is 5.95. The highest BCUT2D eigenvalue weighted by Gasteiger charge is 2.30. The van der Waals surface area contributed by atoms with Gasteiger partial charge in [0.1, 0.15) is 5.75 Å². The Morgan fingerprint density at radius 1 is 1.19 bits per heavy atom. The molecule has 0 aliphatic carbocycles. The van der Waals surface area contributed by atoms with Gasteiger partial charge in [0.05, 0.1) is 17.6 Å². The molecule has 0 bridgehead atoms. The molecule has 0 saturated carbocycles. The highest BCUT2D eigenvalue weighted by molar-refractivity contribution is 6.21. The number of ketones is 1. The van der Waals surface area contributed by atoms with E-state index in [1.54, 1.807) is 6.07 Å². The number of phenols is 1. The fourth-order valence-corrected chi connectivity index (χ4v) is 3.10. The van der Waals surface area contributed by atoms with Crippen LogP contribution in [0.3, 0.4) is 0 Å². The van der Waals surface area contributed by atoms with Gasteiger partial charge in [0.25, 0.3) is 0 Å². The fourth-order valence-electron chi connectivity index (χ4n) is 3.10. The predicted molar refractivity (Wildman–Crippen MR) is 98.2 cm³/mol. The van der Waals surface area contributed by atoms with Crippen LogP contribution in [0.25, 0.3) is 16.8 Å². The maximum absolute atomic E-state index is 12.8. The molecule has 1 N–H and O–H groups in total. The van der Waals surface area contributed by atoms with Crippen molar-refractivity contribution >= 4 is 28.3 Å². The number of methoxy groups -OCH3 is 1. The number of ether oxygens (including phenoxy) is 2. The Labute approximate surface area is 153 Å². The van der Waals surface area contributed by atoms with Gasteiger partial charge in [0, 0.05) is 6.07 Å². The first kappa shape index (κ1) is 16.6. The molecule has 134 valence electrons. The number of carbonyl (C=O) groups is 1. The topological polar surface area (TPSA) is 98.9 Å². The summed E-state index contributed by atoms with van der Waals surface area (Å²) in [5.41, 5.74) is 0.242. The molecule has 0 spiro atoms. The summed E-state index contributed by atoms with van der Waals surface area (Å²) in [6, 6.07) is 13.6. The average Bonchev–Trinajstić information content (AvgIpc) is 2.98. The number of rotatable bonds is 3. The van der Waals surface area contributed by atoms with Gasteiger partial charge in [-0.25, -0.2) is 0 Å². The van der Waals surface area contributed by atoms with Crippen LogP contribution in [-0.4, -0.2) is 22.9 Å². The minimum atomic E-state index is -0.723. The standard InChI is InChI=1S/C20H13NO6/c1-26-16-9-11(8-14(19(16)22)21(24)25)10-17-20(23)18-13-5-3-2-4-12(13)6-7-15(18)27-17/h2-10,22H,1H3. The summed E-state index contributed by atoms with van der Waals surface area (Å²) in [6.07, 6.45) is 1.39. The number of aromatic hydroxyl groups is 1. The van der Waals surface area contributed by atoms with Crippen molar-refractivity contribution in [2.24, 2.45) is 0 Å². The van der Waals surface area contributed by atoms with Gasteiger partial charge in [-0.3, -0.25) is 14.9 Å². The molecule has 1 aliphatic heterocycles. The molecule has 7 heteroatoms. The van der Waals surface area contributed by atoms with Crippen molar-refractivity contribution in [3.63, 3.8) is 0 Å². The molecular weight excluding hydrogens is 350 g/mol. The van der Waals surface area contributed by atoms with E-state index in [9.17, 15) is 20.0 Å². The van der Waals surface area contributed by atoms with E-state index in [-0.39, 0.29) is 17.3 Å². The second kappa shape index (κ2) is 6.14. The lowest BCUT2D eigenvalue weighted by Crippen LogP contribution is -1.99. The monoisotopic (exact) mass is 363 g/mol. The number of allylic oxidation sites excluding steroid dienone is 1. The van der Waals surface area contributed by atoms with Crippen LogP contribution >= 0.6 is 0 Å². The summed E-state index contributed by atoms with van der Waals surface area (Å²) in [4.78, 5) is 23.3. The zero-order chi connectivity index (χ0) is 19.1. The first-order chi connectivity index (χ1) is 13.0. The van der Waals surface area contributed by atoms with Crippen molar-refractivity contribution in [2.75, 3.05) is 7.11 Å². The van der Waals surface area contributed by atoms with Gasteiger partial charge in [-0.2, -0.15) is 0 Å². The van der Waals surface area contributed by atoms with Crippen LogP contribution < -0.4 is 9.47 Å². The Hall–Kier alpha value is -3.87. The van der Waals surface area contributed by atoms with E-state index >= 15 is 0 Å². The SMILES string of the molecule is COc1cc(C=C2Oc3ccc4ccccc4c3C2=O)cc([N+](=O)[O-])c1O. The van der Waals surface area contributed by atoms with Gasteiger partial charge in [-0.1, -0.05) is 30.3 Å². The molecular formula is C20H13NO6. The highest BCUT2D eigenvalue weighted by Crippen LogP contribution is 2.40. The zero-order valence-electron chi connectivity index (χ0n) is 14.1. The number of phenolic OH excluding ortho intramolecular Hbond substituents is 1. The fraction of sp³-hybridized carbons (Fsp3) is 0.0500. The quantitative estimate of drug-likeness (QED) is 0.428. The summed E-state index contributed by atoms with van der Waals surface area (Å²) >= 11 is 0. The van der Waals surface area contributed by atoms with Gasteiger partial charge >= 0.3 is 5.69 Å². The van der Waals surface area contributed by atoms with Gasteiger partial charge in [-0.05, 0) is 34.5 Å². The van der Waals surface area contributed by atoms with Gasteiger partial charge in [-0.15, -0.1) is 0 Å². The Kier molecular flexibility index (Phi) is 3.77. The molecule has 0 unspecified atom stereocenters. The molecule has 1 heterocycles. The van der Waals surface area contributed by atoms with E-state index in [0.717, 1.165) is 16.8 Å². The van der Waals surface area contributed by atoms with Gasteiger partial charge < -0.3 is 14.6 Å². The van der Waals surface area contributed by atoms with Crippen LogP contribution in [0.1, 0.15) is 15.9 Å². The molecule has 3 aromatic carbocycles. The van der Waals surface area contributed by atoms with Crippen molar-refractivity contribution < 1.29 is 24.3 Å². The summed E-state index contributed by atoms with van der Waals surface area (Å²) in [6.45, 7) is 0. The largest absolute Gasteiger partial charge is 0.500 e. The number of benzene rings is 3. The van der Waals surface area contributed by atoms with E-state index in [0.29, 0.717) is 16.9 Å². The summed E-state index contributed by atoms with van der Waals surface area (Å²) in [7, 11) is 1.29. The number of fused-ring (bicyclic) bond motifs is 3. The van der Waals surface area contributed by atoms with E-state index < -0.39 is 16.4 Å². The number of nitro groups is 1. The lowest BCUT2D eigenvalue weighted by atomic mass is 10.0. The van der Waals surface area contributed by atoms with E-state index in [1.807, 2.05) is 30.3 Å². The van der Waals surface area contributed by atoms with Crippen LogP contribution in [-0.2, 0) is 0 Å². The molecule has 0 saturated heterocycles. The lowest BCUT2D eigenvalue weighted by Gasteiger charge is -2.06. The molecule has 27 heavy (non-hydrogen) atoms. The van der Waals surface area contributed by atoms with Gasteiger partial charge in [0.15, 0.2) is 11.5 Å². The van der Waals surface area contributed by atoms with Crippen LogP contribution in [0.15, 0.2) is 54.3 Å². The summed E-state index contributed by atoms with van der Waals surface area (Å²) in [5, 5.41) is 22.7. The van der Waals surface area contributed by atoms with Crippen LogP contribution in [0.2, 0.25) is 0 Å². The number of nitrogens with zero attached hydrogens (tertiary/aromatic N) is 1. The third kappa shape index (κ3) is 2.65. The normalized spacial score (nSPS) is 14.3. The molecule has 0 aromatic heterocycles. The minimum Gasteiger partial charge on any atom is -0.500 e. The second-order valence-corrected chi connectivity index (χ2v) is 5.95. The maximum Gasteiger partial charge on any atom is 0.315 e. The van der Waals surface area contributed by atoms with Crippen LogP contribution in [0.5, 0.6) is 17.2 Å². The van der Waals surface area contributed by atoms with Crippen molar-refractivity contribution in [3.05, 3.63) is 75.5 Å². The average molecular weight is 363 g/mol. The first-order valence-electron chi connectivity index (χ1n) is 8.01.